The third-order valence-corrected chi connectivity index (χ3v) is 7.00. The summed E-state index contributed by atoms with van der Waals surface area (Å²) in [5, 5.41) is 5.94. The molecule has 1 aromatic heterocycles. The first-order valence-electron chi connectivity index (χ1n) is 8.87. The van der Waals surface area contributed by atoms with Crippen molar-refractivity contribution in [3.8, 4) is 0 Å². The van der Waals surface area contributed by atoms with Crippen molar-refractivity contribution in [1.82, 2.24) is 9.46 Å². The van der Waals surface area contributed by atoms with Crippen LogP contribution in [0, 0.1) is 13.8 Å². The third kappa shape index (κ3) is 3.15. The van der Waals surface area contributed by atoms with Crippen molar-refractivity contribution in [1.29, 1.82) is 0 Å². The molecule has 1 aliphatic rings. The summed E-state index contributed by atoms with van der Waals surface area (Å²) in [5.74, 6) is 1.10. The largest absolute Gasteiger partial charge is 0.361 e. The van der Waals surface area contributed by atoms with Crippen LogP contribution < -0.4 is 0 Å². The van der Waals surface area contributed by atoms with Gasteiger partial charge in [-0.2, -0.15) is 4.31 Å². The predicted octanol–water partition coefficient (Wildman–Crippen LogP) is 4.01. The molecule has 1 saturated heterocycles. The van der Waals surface area contributed by atoms with Crippen LogP contribution in [-0.2, 0) is 10.0 Å². The molecular formula is C20H22N2O3S. The summed E-state index contributed by atoms with van der Waals surface area (Å²) in [4.78, 5) is 0.364. The number of fused-ring (bicyclic) bond motifs is 1. The molecule has 0 saturated carbocycles. The van der Waals surface area contributed by atoms with E-state index in [2.05, 4.69) is 11.2 Å². The van der Waals surface area contributed by atoms with E-state index in [1.165, 1.54) is 0 Å². The minimum Gasteiger partial charge on any atom is -0.361 e. The Hall–Kier alpha value is -2.18. The van der Waals surface area contributed by atoms with Crippen molar-refractivity contribution in [3.05, 3.63) is 59.5 Å². The lowest BCUT2D eigenvalue weighted by Crippen LogP contribution is -2.37. The standard InChI is InChI=1S/C20H22N2O3S/c1-14-3-4-18-13-19(6-5-17(18)11-14)26(23,24)22-9-7-16(8-10-22)20-12-15(2)21-25-20/h3-6,11-13,16H,7-10H2,1-2H3. The van der Waals surface area contributed by atoms with Gasteiger partial charge in [-0.3, -0.25) is 0 Å². The first kappa shape index (κ1) is 17.2. The normalized spacial score (nSPS) is 17.0. The van der Waals surface area contributed by atoms with Crippen LogP contribution in [0.25, 0.3) is 10.8 Å². The lowest BCUT2D eigenvalue weighted by atomic mass is 9.95. The number of aryl methyl sites for hydroxylation is 2. The average molecular weight is 370 g/mol. The Labute approximate surface area is 153 Å². The Morgan fingerprint density at radius 1 is 1.00 bits per heavy atom. The van der Waals surface area contributed by atoms with Crippen LogP contribution in [0.5, 0.6) is 0 Å². The maximum Gasteiger partial charge on any atom is 0.243 e. The molecule has 0 bridgehead atoms. The lowest BCUT2D eigenvalue weighted by Gasteiger charge is -2.30. The van der Waals surface area contributed by atoms with E-state index in [0.717, 1.165) is 40.6 Å². The molecule has 0 aliphatic carbocycles. The number of hydrogen-bond donors (Lipinski definition) is 0. The smallest absolute Gasteiger partial charge is 0.243 e. The minimum absolute atomic E-state index is 0.238. The number of hydrogen-bond acceptors (Lipinski definition) is 4. The summed E-state index contributed by atoms with van der Waals surface area (Å²) >= 11 is 0. The highest BCUT2D eigenvalue weighted by Gasteiger charge is 2.31. The molecule has 0 radical (unpaired) electrons. The average Bonchev–Trinajstić information content (AvgIpc) is 3.07. The van der Waals surface area contributed by atoms with E-state index >= 15 is 0 Å². The second-order valence-electron chi connectivity index (χ2n) is 7.06. The van der Waals surface area contributed by atoms with Crippen molar-refractivity contribution in [2.24, 2.45) is 0 Å². The zero-order chi connectivity index (χ0) is 18.3. The molecule has 2 heterocycles. The summed E-state index contributed by atoms with van der Waals surface area (Å²) < 4.78 is 33.0. The first-order chi connectivity index (χ1) is 12.4. The van der Waals surface area contributed by atoms with Crippen LogP contribution >= 0.6 is 0 Å². The van der Waals surface area contributed by atoms with E-state index in [1.54, 1.807) is 16.4 Å². The fourth-order valence-electron chi connectivity index (χ4n) is 3.61. The number of piperidine rings is 1. The van der Waals surface area contributed by atoms with Crippen molar-refractivity contribution in [2.75, 3.05) is 13.1 Å². The van der Waals surface area contributed by atoms with Crippen molar-refractivity contribution < 1.29 is 12.9 Å². The zero-order valence-electron chi connectivity index (χ0n) is 15.0. The Balaban J connectivity index is 1.55. The van der Waals surface area contributed by atoms with Gasteiger partial charge in [-0.05, 0) is 49.6 Å². The molecule has 2 aromatic carbocycles. The molecule has 5 nitrogen and oxygen atoms in total. The van der Waals surface area contributed by atoms with Crippen LogP contribution in [0.1, 0.15) is 35.8 Å². The quantitative estimate of drug-likeness (QED) is 0.699. The maximum absolute atomic E-state index is 13.0. The molecule has 1 fully saturated rings. The van der Waals surface area contributed by atoms with Gasteiger partial charge in [0.05, 0.1) is 10.6 Å². The monoisotopic (exact) mass is 370 g/mol. The molecule has 26 heavy (non-hydrogen) atoms. The number of aromatic nitrogens is 1. The Morgan fingerprint density at radius 3 is 2.38 bits per heavy atom. The van der Waals surface area contributed by atoms with Gasteiger partial charge in [-0.15, -0.1) is 0 Å². The highest BCUT2D eigenvalue weighted by Crippen LogP contribution is 2.31. The van der Waals surface area contributed by atoms with E-state index in [0.29, 0.717) is 18.0 Å². The third-order valence-electron chi connectivity index (χ3n) is 5.11. The van der Waals surface area contributed by atoms with Gasteiger partial charge in [-0.1, -0.05) is 35.0 Å². The molecular weight excluding hydrogens is 348 g/mol. The lowest BCUT2D eigenvalue weighted by molar-refractivity contribution is 0.275. The molecule has 136 valence electrons. The topological polar surface area (TPSA) is 63.4 Å². The molecule has 0 amide bonds. The minimum atomic E-state index is -3.48. The number of nitrogens with zero attached hydrogens (tertiary/aromatic N) is 2. The van der Waals surface area contributed by atoms with Crippen LogP contribution in [0.15, 0.2) is 51.9 Å². The molecule has 0 spiro atoms. The van der Waals surface area contributed by atoms with Crippen molar-refractivity contribution in [3.63, 3.8) is 0 Å². The van der Waals surface area contributed by atoms with E-state index in [4.69, 9.17) is 4.52 Å². The van der Waals surface area contributed by atoms with Gasteiger partial charge in [-0.25, -0.2) is 8.42 Å². The van der Waals surface area contributed by atoms with Gasteiger partial charge in [0, 0.05) is 25.1 Å². The second-order valence-corrected chi connectivity index (χ2v) is 9.00. The first-order valence-corrected chi connectivity index (χ1v) is 10.3. The molecule has 3 aromatic rings. The predicted molar refractivity (Wildman–Crippen MR) is 101 cm³/mol. The van der Waals surface area contributed by atoms with Gasteiger partial charge in [0.1, 0.15) is 5.76 Å². The fourth-order valence-corrected chi connectivity index (χ4v) is 5.11. The molecule has 4 rings (SSSR count). The summed E-state index contributed by atoms with van der Waals surface area (Å²) in [6, 6.07) is 13.4. The van der Waals surface area contributed by atoms with Crippen LogP contribution in [-0.4, -0.2) is 31.0 Å². The van der Waals surface area contributed by atoms with E-state index < -0.39 is 10.0 Å². The summed E-state index contributed by atoms with van der Waals surface area (Å²) in [5.41, 5.74) is 2.03. The molecule has 0 atom stereocenters. The van der Waals surface area contributed by atoms with Crippen LogP contribution in [0.2, 0.25) is 0 Å². The molecule has 0 N–H and O–H groups in total. The fraction of sp³-hybridized carbons (Fsp3) is 0.350. The Morgan fingerprint density at radius 2 is 1.69 bits per heavy atom. The van der Waals surface area contributed by atoms with Crippen LogP contribution in [0.3, 0.4) is 0 Å². The maximum atomic E-state index is 13.0. The van der Waals surface area contributed by atoms with Crippen molar-refractivity contribution in [2.45, 2.75) is 37.5 Å². The molecule has 1 aliphatic heterocycles. The summed E-state index contributed by atoms with van der Waals surface area (Å²) in [6.45, 7) is 4.93. The Bertz CT molecular complexity index is 1050. The van der Waals surface area contributed by atoms with E-state index in [1.807, 2.05) is 38.1 Å². The molecule has 6 heteroatoms. The van der Waals surface area contributed by atoms with Gasteiger partial charge < -0.3 is 4.52 Å². The SMILES string of the molecule is Cc1ccc2cc(S(=O)(=O)N3CCC(c4cc(C)no4)CC3)ccc2c1. The van der Waals surface area contributed by atoms with Gasteiger partial charge in [0.25, 0.3) is 0 Å². The zero-order valence-corrected chi connectivity index (χ0v) is 15.8. The van der Waals surface area contributed by atoms with Gasteiger partial charge >= 0.3 is 0 Å². The summed E-state index contributed by atoms with van der Waals surface area (Å²) in [6.07, 6.45) is 1.50. The Kier molecular flexibility index (Phi) is 4.32. The van der Waals surface area contributed by atoms with Gasteiger partial charge in [0.2, 0.25) is 10.0 Å². The summed E-state index contributed by atoms with van der Waals surface area (Å²) in [7, 11) is -3.48. The highest BCUT2D eigenvalue weighted by molar-refractivity contribution is 7.89. The molecule has 0 unspecified atom stereocenters. The van der Waals surface area contributed by atoms with E-state index in [9.17, 15) is 8.42 Å². The number of benzene rings is 2. The van der Waals surface area contributed by atoms with Crippen molar-refractivity contribution >= 4 is 20.8 Å². The number of sulfonamides is 1. The number of rotatable bonds is 3. The van der Waals surface area contributed by atoms with Crippen LogP contribution in [0.4, 0.5) is 0 Å². The van der Waals surface area contributed by atoms with E-state index in [-0.39, 0.29) is 5.92 Å². The highest BCUT2D eigenvalue weighted by atomic mass is 32.2. The van der Waals surface area contributed by atoms with Gasteiger partial charge in [0.15, 0.2) is 0 Å². The second kappa shape index (κ2) is 6.52.